The van der Waals surface area contributed by atoms with Crippen molar-refractivity contribution in [2.75, 3.05) is 20.6 Å². The fraction of sp³-hybridized carbons (Fsp3) is 0.818. The molecule has 0 saturated heterocycles. The molecule has 0 heterocycles. The number of carboxylic acid groups (broad SMARTS) is 1. The standard InChI is InChI=1S/C11H20N2O3/c1-11(2,10(15)16)12(3)7-9(14)13(4)8-5-6-8/h8H,5-7H2,1-4H3,(H,15,16). The van der Waals surface area contributed by atoms with Crippen molar-refractivity contribution in [1.82, 2.24) is 9.80 Å². The molecule has 1 amide bonds. The summed E-state index contributed by atoms with van der Waals surface area (Å²) in [5.74, 6) is -0.934. The fourth-order valence-corrected chi connectivity index (χ4v) is 1.34. The molecule has 1 fully saturated rings. The third kappa shape index (κ3) is 2.72. The molecule has 1 saturated carbocycles. The van der Waals surface area contributed by atoms with E-state index in [9.17, 15) is 9.59 Å². The van der Waals surface area contributed by atoms with Gasteiger partial charge in [-0.25, -0.2) is 0 Å². The molecule has 0 aromatic heterocycles. The van der Waals surface area contributed by atoms with Crippen molar-refractivity contribution in [3.63, 3.8) is 0 Å². The highest BCUT2D eigenvalue weighted by atomic mass is 16.4. The van der Waals surface area contributed by atoms with E-state index in [1.807, 2.05) is 0 Å². The first-order valence-electron chi connectivity index (χ1n) is 5.47. The van der Waals surface area contributed by atoms with Crippen LogP contribution in [0.3, 0.4) is 0 Å². The number of hydrogen-bond acceptors (Lipinski definition) is 3. The molecule has 0 atom stereocenters. The van der Waals surface area contributed by atoms with Crippen molar-refractivity contribution in [3.8, 4) is 0 Å². The third-order valence-electron chi connectivity index (χ3n) is 3.34. The van der Waals surface area contributed by atoms with Crippen molar-refractivity contribution >= 4 is 11.9 Å². The van der Waals surface area contributed by atoms with Gasteiger partial charge < -0.3 is 10.0 Å². The summed E-state index contributed by atoms with van der Waals surface area (Å²) in [6.45, 7) is 3.34. The van der Waals surface area contributed by atoms with Gasteiger partial charge >= 0.3 is 5.97 Å². The van der Waals surface area contributed by atoms with Crippen LogP contribution in [0.1, 0.15) is 26.7 Å². The predicted octanol–water partition coefficient (Wildman–Crippen LogP) is 0.402. The van der Waals surface area contributed by atoms with Crippen LogP contribution in [0, 0.1) is 0 Å². The van der Waals surface area contributed by atoms with Crippen LogP contribution in [0.25, 0.3) is 0 Å². The summed E-state index contributed by atoms with van der Waals surface area (Å²) in [5, 5.41) is 9.02. The van der Waals surface area contributed by atoms with Crippen LogP contribution < -0.4 is 0 Å². The molecule has 92 valence electrons. The van der Waals surface area contributed by atoms with Crippen LogP contribution in [-0.4, -0.2) is 59.0 Å². The van der Waals surface area contributed by atoms with E-state index in [2.05, 4.69) is 0 Å². The van der Waals surface area contributed by atoms with Crippen molar-refractivity contribution < 1.29 is 14.7 Å². The summed E-state index contributed by atoms with van der Waals surface area (Å²) in [7, 11) is 3.44. The van der Waals surface area contributed by atoms with E-state index in [1.54, 1.807) is 37.7 Å². The summed E-state index contributed by atoms with van der Waals surface area (Å²) in [6.07, 6.45) is 2.13. The van der Waals surface area contributed by atoms with Crippen molar-refractivity contribution in [2.24, 2.45) is 0 Å². The van der Waals surface area contributed by atoms with Gasteiger partial charge in [0, 0.05) is 13.1 Å². The Bertz CT molecular complexity index is 298. The smallest absolute Gasteiger partial charge is 0.323 e. The van der Waals surface area contributed by atoms with Gasteiger partial charge in [-0.3, -0.25) is 14.5 Å². The van der Waals surface area contributed by atoms with Gasteiger partial charge in [0.25, 0.3) is 0 Å². The molecule has 0 unspecified atom stereocenters. The van der Waals surface area contributed by atoms with E-state index in [0.29, 0.717) is 6.04 Å². The summed E-state index contributed by atoms with van der Waals surface area (Å²) >= 11 is 0. The van der Waals surface area contributed by atoms with Crippen molar-refractivity contribution in [2.45, 2.75) is 38.3 Å². The van der Waals surface area contributed by atoms with Gasteiger partial charge in [-0.1, -0.05) is 0 Å². The molecule has 1 N–H and O–H groups in total. The zero-order valence-corrected chi connectivity index (χ0v) is 10.4. The summed E-state index contributed by atoms with van der Waals surface area (Å²) in [5.41, 5.74) is -1.01. The van der Waals surface area contributed by atoms with Crippen LogP contribution in [-0.2, 0) is 9.59 Å². The lowest BCUT2D eigenvalue weighted by Crippen LogP contribution is -2.51. The molecule has 0 aliphatic heterocycles. The van der Waals surface area contributed by atoms with Crippen LogP contribution in [0.4, 0.5) is 0 Å². The molecule has 5 nitrogen and oxygen atoms in total. The van der Waals surface area contributed by atoms with Crippen molar-refractivity contribution in [3.05, 3.63) is 0 Å². The predicted molar refractivity (Wildman–Crippen MR) is 60.1 cm³/mol. The Morgan fingerprint density at radius 2 is 1.81 bits per heavy atom. The second kappa shape index (κ2) is 4.41. The number of hydrogen-bond donors (Lipinski definition) is 1. The van der Waals surface area contributed by atoms with Gasteiger partial charge in [0.2, 0.25) is 5.91 Å². The van der Waals surface area contributed by atoms with Crippen LogP contribution in [0.2, 0.25) is 0 Å². The molecule has 16 heavy (non-hydrogen) atoms. The molecule has 0 spiro atoms. The van der Waals surface area contributed by atoms with Gasteiger partial charge in [-0.05, 0) is 33.7 Å². The number of carbonyl (C=O) groups is 2. The van der Waals surface area contributed by atoms with Crippen LogP contribution in [0.5, 0.6) is 0 Å². The first-order valence-corrected chi connectivity index (χ1v) is 5.47. The SMILES string of the molecule is CN(C(=O)CN(C)C(C)(C)C(=O)O)C1CC1. The minimum Gasteiger partial charge on any atom is -0.480 e. The van der Waals surface area contributed by atoms with E-state index in [0.717, 1.165) is 12.8 Å². The van der Waals surface area contributed by atoms with Gasteiger partial charge in [0.05, 0.1) is 6.54 Å². The number of aliphatic carboxylic acids is 1. The topological polar surface area (TPSA) is 60.9 Å². The second-order valence-corrected chi connectivity index (χ2v) is 4.96. The molecule has 0 radical (unpaired) electrons. The first-order chi connectivity index (χ1) is 7.26. The number of carboxylic acids is 1. The number of nitrogens with zero attached hydrogens (tertiary/aromatic N) is 2. The van der Waals surface area contributed by atoms with Gasteiger partial charge in [0.1, 0.15) is 5.54 Å². The quantitative estimate of drug-likeness (QED) is 0.740. The Hall–Kier alpha value is -1.10. The molecule has 0 bridgehead atoms. The summed E-state index contributed by atoms with van der Waals surface area (Å²) < 4.78 is 0. The largest absolute Gasteiger partial charge is 0.480 e. The first kappa shape index (κ1) is 13.0. The summed E-state index contributed by atoms with van der Waals surface area (Å²) in [6, 6.07) is 0.369. The molecular weight excluding hydrogens is 208 g/mol. The third-order valence-corrected chi connectivity index (χ3v) is 3.34. The van der Waals surface area contributed by atoms with E-state index in [4.69, 9.17) is 5.11 Å². The Balaban J connectivity index is 2.53. The lowest BCUT2D eigenvalue weighted by molar-refractivity contribution is -0.149. The lowest BCUT2D eigenvalue weighted by atomic mass is 10.0. The number of rotatable bonds is 5. The molecule has 0 aromatic rings. The molecule has 1 aliphatic carbocycles. The molecular formula is C11H20N2O3. The average Bonchev–Trinajstić information content (AvgIpc) is 2.99. The van der Waals surface area contributed by atoms with E-state index in [-0.39, 0.29) is 12.5 Å². The average molecular weight is 228 g/mol. The Morgan fingerprint density at radius 1 is 1.31 bits per heavy atom. The minimum absolute atomic E-state index is 0.0145. The maximum Gasteiger partial charge on any atom is 0.323 e. The molecule has 1 rings (SSSR count). The zero-order chi connectivity index (χ0) is 12.5. The van der Waals surface area contributed by atoms with Crippen LogP contribution >= 0.6 is 0 Å². The number of amides is 1. The number of likely N-dealkylation sites (N-methyl/N-ethyl adjacent to an activating group) is 2. The second-order valence-electron chi connectivity index (χ2n) is 4.96. The lowest BCUT2D eigenvalue weighted by Gasteiger charge is -2.32. The fourth-order valence-electron chi connectivity index (χ4n) is 1.34. The van der Waals surface area contributed by atoms with Crippen LogP contribution in [0.15, 0.2) is 0 Å². The minimum atomic E-state index is -1.01. The summed E-state index contributed by atoms with van der Waals surface area (Å²) in [4.78, 5) is 26.1. The highest BCUT2D eigenvalue weighted by molar-refractivity contribution is 5.81. The normalized spacial score (nSPS) is 16.3. The monoisotopic (exact) mass is 228 g/mol. The molecule has 5 heteroatoms. The molecule has 0 aromatic carbocycles. The van der Waals surface area contributed by atoms with Gasteiger partial charge in [0.15, 0.2) is 0 Å². The highest BCUT2D eigenvalue weighted by Gasteiger charge is 2.35. The molecule has 1 aliphatic rings. The van der Waals surface area contributed by atoms with E-state index >= 15 is 0 Å². The highest BCUT2D eigenvalue weighted by Crippen LogP contribution is 2.25. The Morgan fingerprint density at radius 3 is 2.19 bits per heavy atom. The maximum absolute atomic E-state index is 11.8. The van der Waals surface area contributed by atoms with E-state index < -0.39 is 11.5 Å². The van der Waals surface area contributed by atoms with Gasteiger partial charge in [-0.15, -0.1) is 0 Å². The van der Waals surface area contributed by atoms with E-state index in [1.165, 1.54) is 0 Å². The Labute approximate surface area is 96.0 Å². The number of carbonyl (C=O) groups excluding carboxylic acids is 1. The van der Waals surface area contributed by atoms with Crippen molar-refractivity contribution in [1.29, 1.82) is 0 Å². The maximum atomic E-state index is 11.8. The zero-order valence-electron chi connectivity index (χ0n) is 10.4. The van der Waals surface area contributed by atoms with Gasteiger partial charge in [-0.2, -0.15) is 0 Å². The Kier molecular flexibility index (Phi) is 3.57.